The molecular weight excluding hydrogens is 170 g/mol. The fraction of sp³-hybridized carbons (Fsp3) is 0.500. The van der Waals surface area contributed by atoms with Crippen LogP contribution < -0.4 is 5.32 Å². The van der Waals surface area contributed by atoms with Gasteiger partial charge in [-0.1, -0.05) is 0 Å². The quantitative estimate of drug-likeness (QED) is 0.665. The van der Waals surface area contributed by atoms with Crippen LogP contribution in [-0.4, -0.2) is 33.4 Å². The summed E-state index contributed by atoms with van der Waals surface area (Å²) in [5.41, 5.74) is 0.503. The maximum atomic E-state index is 11.4. The van der Waals surface area contributed by atoms with Crippen molar-refractivity contribution in [3.05, 3.63) is 18.0 Å². The van der Waals surface area contributed by atoms with Gasteiger partial charge in [0.1, 0.15) is 0 Å². The highest BCUT2D eigenvalue weighted by Crippen LogP contribution is 1.96. The molecule has 0 aliphatic heterocycles. The van der Waals surface area contributed by atoms with E-state index in [9.17, 15) is 4.79 Å². The fourth-order valence-corrected chi connectivity index (χ4v) is 0.891. The van der Waals surface area contributed by atoms with Crippen molar-refractivity contribution in [1.82, 2.24) is 15.1 Å². The Balaban J connectivity index is 2.58. The molecule has 2 N–H and O–H groups in total. The lowest BCUT2D eigenvalue weighted by molar-refractivity contribution is 0.0922. The number of carbonyl (C=O) groups is 1. The SMILES string of the molecule is CC(CO)NC(=O)c1cnn(C)c1. The first-order valence-electron chi connectivity index (χ1n) is 4.04. The average molecular weight is 183 g/mol. The molecule has 0 fully saturated rings. The van der Waals surface area contributed by atoms with Gasteiger partial charge in [-0.3, -0.25) is 9.48 Å². The van der Waals surface area contributed by atoms with E-state index < -0.39 is 0 Å². The average Bonchev–Trinajstić information content (AvgIpc) is 2.51. The number of rotatable bonds is 3. The molecule has 5 nitrogen and oxygen atoms in total. The van der Waals surface area contributed by atoms with E-state index in [1.54, 1.807) is 24.9 Å². The Morgan fingerprint density at radius 1 is 1.85 bits per heavy atom. The van der Waals surface area contributed by atoms with Crippen molar-refractivity contribution < 1.29 is 9.90 Å². The molecule has 0 aromatic carbocycles. The third kappa shape index (κ3) is 2.55. The lowest BCUT2D eigenvalue weighted by Gasteiger charge is -2.08. The highest BCUT2D eigenvalue weighted by Gasteiger charge is 2.09. The molecule has 0 aliphatic carbocycles. The van der Waals surface area contributed by atoms with Crippen LogP contribution >= 0.6 is 0 Å². The van der Waals surface area contributed by atoms with E-state index in [0.29, 0.717) is 5.56 Å². The second-order valence-electron chi connectivity index (χ2n) is 2.96. The topological polar surface area (TPSA) is 67.2 Å². The van der Waals surface area contributed by atoms with Gasteiger partial charge in [-0.15, -0.1) is 0 Å². The molecule has 1 amide bonds. The molecule has 13 heavy (non-hydrogen) atoms. The first kappa shape index (κ1) is 9.73. The first-order valence-corrected chi connectivity index (χ1v) is 4.04. The molecule has 0 radical (unpaired) electrons. The van der Waals surface area contributed by atoms with E-state index in [1.165, 1.54) is 6.20 Å². The van der Waals surface area contributed by atoms with Gasteiger partial charge < -0.3 is 10.4 Å². The molecule has 1 aromatic rings. The molecular formula is C8H13N3O2. The lowest BCUT2D eigenvalue weighted by atomic mass is 10.3. The zero-order valence-corrected chi connectivity index (χ0v) is 7.69. The molecule has 0 spiro atoms. The van der Waals surface area contributed by atoms with Crippen molar-refractivity contribution in [2.24, 2.45) is 7.05 Å². The summed E-state index contributed by atoms with van der Waals surface area (Å²) in [5, 5.41) is 15.2. The number of nitrogens with one attached hydrogen (secondary N) is 1. The first-order chi connectivity index (χ1) is 6.13. The maximum absolute atomic E-state index is 11.4. The van der Waals surface area contributed by atoms with Gasteiger partial charge in [0.05, 0.1) is 18.4 Å². The van der Waals surface area contributed by atoms with E-state index in [4.69, 9.17) is 5.11 Å². The van der Waals surface area contributed by atoms with Crippen LogP contribution in [0.4, 0.5) is 0 Å². The van der Waals surface area contributed by atoms with Crippen LogP contribution in [0.25, 0.3) is 0 Å². The molecule has 0 bridgehead atoms. The summed E-state index contributed by atoms with van der Waals surface area (Å²) in [7, 11) is 1.74. The zero-order chi connectivity index (χ0) is 9.84. The minimum atomic E-state index is -0.229. The van der Waals surface area contributed by atoms with E-state index in [2.05, 4.69) is 10.4 Å². The van der Waals surface area contributed by atoms with E-state index in [-0.39, 0.29) is 18.6 Å². The fourth-order valence-electron chi connectivity index (χ4n) is 0.891. The molecule has 1 heterocycles. The Morgan fingerprint density at radius 3 is 3.00 bits per heavy atom. The second-order valence-corrected chi connectivity index (χ2v) is 2.96. The summed E-state index contributed by atoms with van der Waals surface area (Å²) in [6.07, 6.45) is 3.11. The number of aliphatic hydroxyl groups is 1. The van der Waals surface area contributed by atoms with Gasteiger partial charge in [-0.05, 0) is 6.92 Å². The van der Waals surface area contributed by atoms with E-state index in [1.807, 2.05) is 0 Å². The second kappa shape index (κ2) is 4.04. The summed E-state index contributed by atoms with van der Waals surface area (Å²) in [4.78, 5) is 11.4. The van der Waals surface area contributed by atoms with Crippen LogP contribution in [0, 0.1) is 0 Å². The van der Waals surface area contributed by atoms with Gasteiger partial charge in [-0.25, -0.2) is 0 Å². The number of aliphatic hydroxyl groups excluding tert-OH is 1. The van der Waals surface area contributed by atoms with Crippen LogP contribution in [-0.2, 0) is 7.05 Å². The van der Waals surface area contributed by atoms with Crippen LogP contribution in [0.3, 0.4) is 0 Å². The highest BCUT2D eigenvalue weighted by atomic mass is 16.3. The van der Waals surface area contributed by atoms with Crippen molar-refractivity contribution in [1.29, 1.82) is 0 Å². The molecule has 0 aliphatic rings. The summed E-state index contributed by atoms with van der Waals surface area (Å²) < 4.78 is 1.55. The Labute approximate surface area is 76.4 Å². The summed E-state index contributed by atoms with van der Waals surface area (Å²) in [5.74, 6) is -0.213. The molecule has 1 aromatic heterocycles. The summed E-state index contributed by atoms with van der Waals surface area (Å²) >= 11 is 0. The predicted molar refractivity (Wildman–Crippen MR) is 47.2 cm³/mol. The minimum Gasteiger partial charge on any atom is -0.394 e. The smallest absolute Gasteiger partial charge is 0.254 e. The Morgan fingerprint density at radius 2 is 2.54 bits per heavy atom. The molecule has 1 rings (SSSR count). The zero-order valence-electron chi connectivity index (χ0n) is 7.69. The normalized spacial score (nSPS) is 12.5. The van der Waals surface area contributed by atoms with Gasteiger partial charge in [-0.2, -0.15) is 5.10 Å². The monoisotopic (exact) mass is 183 g/mol. The van der Waals surface area contributed by atoms with Gasteiger partial charge >= 0.3 is 0 Å². The van der Waals surface area contributed by atoms with E-state index >= 15 is 0 Å². The van der Waals surface area contributed by atoms with Crippen molar-refractivity contribution >= 4 is 5.91 Å². The third-order valence-corrected chi connectivity index (χ3v) is 1.62. The number of aryl methyl sites for hydroxylation is 1. The third-order valence-electron chi connectivity index (χ3n) is 1.62. The molecule has 1 unspecified atom stereocenters. The maximum Gasteiger partial charge on any atom is 0.254 e. The number of hydrogen-bond donors (Lipinski definition) is 2. The van der Waals surface area contributed by atoms with Gasteiger partial charge in [0, 0.05) is 19.3 Å². The summed E-state index contributed by atoms with van der Waals surface area (Å²) in [6.45, 7) is 1.67. The number of carbonyl (C=O) groups excluding carboxylic acids is 1. The Bertz CT molecular complexity index is 295. The molecule has 0 saturated heterocycles. The minimum absolute atomic E-state index is 0.0635. The van der Waals surface area contributed by atoms with Gasteiger partial charge in [0.15, 0.2) is 0 Å². The summed E-state index contributed by atoms with van der Waals surface area (Å²) in [6, 6.07) is -0.229. The number of nitrogens with zero attached hydrogens (tertiary/aromatic N) is 2. The number of hydrogen-bond acceptors (Lipinski definition) is 3. The van der Waals surface area contributed by atoms with Crippen molar-refractivity contribution in [3.63, 3.8) is 0 Å². The van der Waals surface area contributed by atoms with Crippen molar-refractivity contribution in [2.75, 3.05) is 6.61 Å². The molecule has 72 valence electrons. The van der Waals surface area contributed by atoms with Crippen LogP contribution in [0.1, 0.15) is 17.3 Å². The molecule has 5 heteroatoms. The van der Waals surface area contributed by atoms with E-state index in [0.717, 1.165) is 0 Å². The number of amides is 1. The van der Waals surface area contributed by atoms with Gasteiger partial charge in [0.2, 0.25) is 0 Å². The largest absolute Gasteiger partial charge is 0.394 e. The van der Waals surface area contributed by atoms with Crippen LogP contribution in [0.5, 0.6) is 0 Å². The molecule has 1 atom stereocenters. The predicted octanol–water partition coefficient (Wildman–Crippen LogP) is -0.469. The lowest BCUT2D eigenvalue weighted by Crippen LogP contribution is -2.34. The standard InChI is InChI=1S/C8H13N3O2/c1-6(5-12)10-8(13)7-3-9-11(2)4-7/h3-4,6,12H,5H2,1-2H3,(H,10,13). The van der Waals surface area contributed by atoms with Crippen molar-refractivity contribution in [3.8, 4) is 0 Å². The van der Waals surface area contributed by atoms with Crippen LogP contribution in [0.15, 0.2) is 12.4 Å². The van der Waals surface area contributed by atoms with Crippen LogP contribution in [0.2, 0.25) is 0 Å². The molecule has 0 saturated carbocycles. The highest BCUT2D eigenvalue weighted by molar-refractivity contribution is 5.93. The Hall–Kier alpha value is -1.36. The Kier molecular flexibility index (Phi) is 3.02. The van der Waals surface area contributed by atoms with Crippen molar-refractivity contribution in [2.45, 2.75) is 13.0 Å². The van der Waals surface area contributed by atoms with Gasteiger partial charge in [0.25, 0.3) is 5.91 Å². The number of aromatic nitrogens is 2.